The largest absolute Gasteiger partial charge is 0.316 e. The van der Waals surface area contributed by atoms with Gasteiger partial charge in [0, 0.05) is 22.4 Å². The van der Waals surface area contributed by atoms with Crippen LogP contribution in [0.5, 0.6) is 0 Å². The molecule has 1 aromatic heterocycles. The fourth-order valence-electron chi connectivity index (χ4n) is 2.52. The fourth-order valence-corrected chi connectivity index (χ4v) is 2.52. The number of aromatic amines is 1. The Labute approximate surface area is 136 Å². The van der Waals surface area contributed by atoms with Gasteiger partial charge >= 0.3 is 0 Å². The van der Waals surface area contributed by atoms with Gasteiger partial charge in [0.2, 0.25) is 5.52 Å². The van der Waals surface area contributed by atoms with Crippen molar-refractivity contribution in [3.05, 3.63) is 71.9 Å². The third-order valence-corrected chi connectivity index (χ3v) is 3.88. The minimum Gasteiger partial charge on any atom is -0.316 e. The molecule has 116 valence electrons. The molecule has 2 aromatic carbocycles. The Bertz CT molecular complexity index is 848. The van der Waals surface area contributed by atoms with Gasteiger partial charge in [-0.2, -0.15) is 0 Å². The van der Waals surface area contributed by atoms with Crippen LogP contribution < -0.4 is 10.3 Å². The van der Waals surface area contributed by atoms with E-state index < -0.39 is 0 Å². The van der Waals surface area contributed by atoms with Crippen molar-refractivity contribution in [2.45, 2.75) is 26.2 Å². The molecule has 3 rings (SSSR count). The van der Waals surface area contributed by atoms with Crippen molar-refractivity contribution < 1.29 is 9.78 Å². The van der Waals surface area contributed by atoms with Crippen LogP contribution >= 0.6 is 0 Å². The van der Waals surface area contributed by atoms with E-state index in [1.54, 1.807) is 0 Å². The summed E-state index contributed by atoms with van der Waals surface area (Å²) < 4.78 is 0. The quantitative estimate of drug-likeness (QED) is 0.757. The first-order chi connectivity index (χ1) is 10.9. The van der Waals surface area contributed by atoms with Crippen molar-refractivity contribution >= 4 is 22.5 Å². The van der Waals surface area contributed by atoms with E-state index in [0.717, 1.165) is 22.3 Å². The number of aromatic nitrogens is 1. The number of nitrogens with one attached hydrogen (secondary N) is 2. The van der Waals surface area contributed by atoms with Gasteiger partial charge in [0.1, 0.15) is 5.69 Å². The zero-order valence-corrected chi connectivity index (χ0v) is 13.7. The molecule has 2 N–H and O–H groups in total. The summed E-state index contributed by atoms with van der Waals surface area (Å²) in [5, 5.41) is 4.08. The summed E-state index contributed by atoms with van der Waals surface area (Å²) in [5.41, 5.74) is 3.54. The molecule has 1 heterocycles. The maximum Gasteiger partial charge on any atom is 0.255 e. The number of anilines is 1. The highest BCUT2D eigenvalue weighted by Gasteiger charge is 2.22. The summed E-state index contributed by atoms with van der Waals surface area (Å²) in [4.78, 5) is 15.9. The first-order valence-electron chi connectivity index (χ1n) is 7.77. The van der Waals surface area contributed by atoms with Gasteiger partial charge in [-0.25, -0.2) is 4.98 Å². The van der Waals surface area contributed by atoms with E-state index in [0.29, 0.717) is 5.56 Å². The van der Waals surface area contributed by atoms with Crippen LogP contribution in [0.3, 0.4) is 0 Å². The summed E-state index contributed by atoms with van der Waals surface area (Å²) >= 11 is 0. The third-order valence-electron chi connectivity index (χ3n) is 3.88. The molecule has 0 bridgehead atoms. The van der Waals surface area contributed by atoms with Crippen molar-refractivity contribution in [2.24, 2.45) is 0 Å². The predicted molar refractivity (Wildman–Crippen MR) is 93.6 cm³/mol. The Balaban J connectivity index is 2.02. The SMILES string of the molecule is CC(C)(C)c1ccc2cccc(NC(=O)c3ccccc3)c2[nH+]1. The van der Waals surface area contributed by atoms with Crippen LogP contribution in [-0.2, 0) is 5.41 Å². The molecule has 0 saturated heterocycles. The van der Waals surface area contributed by atoms with E-state index in [-0.39, 0.29) is 11.3 Å². The molecule has 0 aliphatic rings. The standard InChI is InChI=1S/C20H20N2O/c1-20(2,3)17-13-12-14-10-7-11-16(18(14)22-17)21-19(23)15-8-5-4-6-9-15/h4-13H,1-3H3,(H,21,23)/p+1. The predicted octanol–water partition coefficient (Wildman–Crippen LogP) is 4.20. The summed E-state index contributed by atoms with van der Waals surface area (Å²) in [6.45, 7) is 6.49. The van der Waals surface area contributed by atoms with Crippen LogP contribution in [0, 0.1) is 0 Å². The summed E-state index contributed by atoms with van der Waals surface area (Å²) in [6, 6.07) is 19.4. The molecule has 3 nitrogen and oxygen atoms in total. The molecule has 0 radical (unpaired) electrons. The van der Waals surface area contributed by atoms with Crippen LogP contribution in [-0.4, -0.2) is 5.91 Å². The zero-order valence-electron chi connectivity index (χ0n) is 13.7. The first kappa shape index (κ1) is 15.2. The number of hydrogen-bond acceptors (Lipinski definition) is 1. The van der Waals surface area contributed by atoms with Gasteiger partial charge in [0.05, 0.1) is 0 Å². The number of carbonyl (C=O) groups is 1. The lowest BCUT2D eigenvalue weighted by atomic mass is 9.91. The summed E-state index contributed by atoms with van der Waals surface area (Å²) in [6.07, 6.45) is 0. The number of hydrogen-bond donors (Lipinski definition) is 1. The van der Waals surface area contributed by atoms with E-state index in [9.17, 15) is 4.79 Å². The minimum atomic E-state index is -0.104. The average molecular weight is 305 g/mol. The molecular weight excluding hydrogens is 284 g/mol. The highest BCUT2D eigenvalue weighted by Crippen LogP contribution is 2.24. The maximum absolute atomic E-state index is 12.4. The van der Waals surface area contributed by atoms with Gasteiger partial charge in [-0.15, -0.1) is 0 Å². The van der Waals surface area contributed by atoms with E-state index >= 15 is 0 Å². The van der Waals surface area contributed by atoms with Crippen molar-refractivity contribution in [1.29, 1.82) is 0 Å². The Kier molecular flexibility index (Phi) is 3.87. The molecule has 0 saturated carbocycles. The molecule has 0 aliphatic carbocycles. The number of rotatable bonds is 2. The van der Waals surface area contributed by atoms with Gasteiger partial charge in [-0.1, -0.05) is 45.0 Å². The molecule has 3 aromatic rings. The lowest BCUT2D eigenvalue weighted by Crippen LogP contribution is -2.25. The highest BCUT2D eigenvalue weighted by molar-refractivity contribution is 6.07. The molecule has 0 aliphatic heterocycles. The molecule has 3 heteroatoms. The van der Waals surface area contributed by atoms with Crippen LogP contribution in [0.25, 0.3) is 10.9 Å². The smallest absolute Gasteiger partial charge is 0.255 e. The number of benzene rings is 2. The van der Waals surface area contributed by atoms with Gasteiger partial charge in [0.15, 0.2) is 5.69 Å². The summed E-state index contributed by atoms with van der Waals surface area (Å²) in [5.74, 6) is -0.104. The van der Waals surface area contributed by atoms with E-state index in [1.165, 1.54) is 0 Å². The number of para-hydroxylation sites is 1. The first-order valence-corrected chi connectivity index (χ1v) is 7.77. The second kappa shape index (κ2) is 5.84. The monoisotopic (exact) mass is 305 g/mol. The fraction of sp³-hybridized carbons (Fsp3) is 0.200. The lowest BCUT2D eigenvalue weighted by Gasteiger charge is -2.13. The van der Waals surface area contributed by atoms with Gasteiger partial charge in [-0.05, 0) is 30.3 Å². The molecule has 0 spiro atoms. The second-order valence-corrected chi connectivity index (χ2v) is 6.71. The van der Waals surface area contributed by atoms with Crippen LogP contribution in [0.15, 0.2) is 60.7 Å². The topological polar surface area (TPSA) is 43.2 Å². The van der Waals surface area contributed by atoms with Crippen molar-refractivity contribution in [1.82, 2.24) is 0 Å². The van der Waals surface area contributed by atoms with Crippen molar-refractivity contribution in [3.8, 4) is 0 Å². The van der Waals surface area contributed by atoms with Gasteiger partial charge < -0.3 is 5.32 Å². The molecular formula is C20H21N2O+. The number of pyridine rings is 1. The highest BCUT2D eigenvalue weighted by atomic mass is 16.1. The molecule has 0 fully saturated rings. The van der Waals surface area contributed by atoms with Gasteiger partial charge in [-0.3, -0.25) is 4.79 Å². The van der Waals surface area contributed by atoms with Crippen LogP contribution in [0.4, 0.5) is 5.69 Å². The van der Waals surface area contributed by atoms with Crippen molar-refractivity contribution in [3.63, 3.8) is 0 Å². The molecule has 0 unspecified atom stereocenters. The molecule has 23 heavy (non-hydrogen) atoms. The zero-order chi connectivity index (χ0) is 16.4. The normalized spacial score (nSPS) is 11.4. The van der Waals surface area contributed by atoms with Crippen LogP contribution in [0.1, 0.15) is 36.8 Å². The number of amides is 1. The van der Waals surface area contributed by atoms with E-state index in [1.807, 2.05) is 48.5 Å². The van der Waals surface area contributed by atoms with Gasteiger partial charge in [0.25, 0.3) is 5.91 Å². The van der Waals surface area contributed by atoms with Crippen LogP contribution in [0.2, 0.25) is 0 Å². The Hall–Kier alpha value is -2.68. The second-order valence-electron chi connectivity index (χ2n) is 6.71. The van der Waals surface area contributed by atoms with Crippen molar-refractivity contribution in [2.75, 3.05) is 5.32 Å². The molecule has 1 amide bonds. The Morgan fingerprint density at radius 1 is 0.913 bits per heavy atom. The number of H-pyrrole nitrogens is 1. The van der Waals surface area contributed by atoms with E-state index in [4.69, 9.17) is 0 Å². The third kappa shape index (κ3) is 3.24. The Morgan fingerprint density at radius 3 is 2.35 bits per heavy atom. The Morgan fingerprint density at radius 2 is 1.65 bits per heavy atom. The average Bonchev–Trinajstić information content (AvgIpc) is 2.54. The number of carbonyl (C=O) groups excluding carboxylic acids is 1. The van der Waals surface area contributed by atoms with E-state index in [2.05, 4.69) is 43.2 Å². The summed E-state index contributed by atoms with van der Waals surface area (Å²) in [7, 11) is 0. The lowest BCUT2D eigenvalue weighted by molar-refractivity contribution is -0.364. The molecule has 0 atom stereocenters. The minimum absolute atomic E-state index is 0.0186. The number of fused-ring (bicyclic) bond motifs is 1. The maximum atomic E-state index is 12.4.